The SMILES string of the molecule is O=C(CSc1nnc(-c2ccncc2)n1-c1ccccc1)N/N=C/c1ccc(OC(=O)c2sc3ccccc3c2Cl)cc1. The minimum Gasteiger partial charge on any atom is -0.422 e. The molecule has 6 rings (SSSR count). The lowest BCUT2D eigenvalue weighted by Crippen LogP contribution is -2.20. The fraction of sp³-hybridized carbons (Fsp3) is 0.0323. The van der Waals surface area contributed by atoms with Crippen LogP contribution >= 0.6 is 34.7 Å². The molecule has 0 aliphatic rings. The van der Waals surface area contributed by atoms with Gasteiger partial charge in [-0.25, -0.2) is 10.2 Å². The van der Waals surface area contributed by atoms with Crippen molar-refractivity contribution in [1.82, 2.24) is 25.2 Å². The molecule has 0 spiro atoms. The Balaban J connectivity index is 1.05. The van der Waals surface area contributed by atoms with E-state index in [0.717, 1.165) is 21.3 Å². The molecule has 0 saturated heterocycles. The maximum Gasteiger partial charge on any atom is 0.355 e. The number of hydrogen-bond donors (Lipinski definition) is 1. The molecule has 0 unspecified atom stereocenters. The number of benzene rings is 3. The molecule has 3 aromatic carbocycles. The molecule has 0 aliphatic heterocycles. The number of hydrogen-bond acceptors (Lipinski definition) is 9. The number of carbonyl (C=O) groups excluding carboxylic acids is 2. The second-order valence-electron chi connectivity index (χ2n) is 8.99. The zero-order valence-corrected chi connectivity index (χ0v) is 24.6. The van der Waals surface area contributed by atoms with Crippen LogP contribution in [-0.4, -0.2) is 43.6 Å². The molecule has 3 aromatic heterocycles. The number of thioether (sulfide) groups is 1. The molecular formula is C31H21ClN6O3S2. The molecule has 9 nitrogen and oxygen atoms in total. The lowest BCUT2D eigenvalue weighted by atomic mass is 10.2. The summed E-state index contributed by atoms with van der Waals surface area (Å²) < 4.78 is 8.33. The molecule has 1 N–H and O–H groups in total. The van der Waals surface area contributed by atoms with Crippen LogP contribution in [0.3, 0.4) is 0 Å². The lowest BCUT2D eigenvalue weighted by Gasteiger charge is -2.10. The number of rotatable bonds is 9. The molecular weight excluding hydrogens is 604 g/mol. The summed E-state index contributed by atoms with van der Waals surface area (Å²) in [5, 5.41) is 14.5. The van der Waals surface area contributed by atoms with Crippen LogP contribution in [0.15, 0.2) is 114 Å². The predicted molar refractivity (Wildman–Crippen MR) is 169 cm³/mol. The van der Waals surface area contributed by atoms with E-state index in [0.29, 0.717) is 32.2 Å². The predicted octanol–water partition coefficient (Wildman–Crippen LogP) is 6.66. The van der Waals surface area contributed by atoms with Crippen molar-refractivity contribution in [2.75, 3.05) is 5.75 Å². The first-order chi connectivity index (χ1) is 21.1. The number of esters is 1. The Morgan fingerprint density at radius 3 is 2.47 bits per heavy atom. The number of carbonyl (C=O) groups is 2. The summed E-state index contributed by atoms with van der Waals surface area (Å²) in [7, 11) is 0. The maximum absolute atomic E-state index is 12.7. The summed E-state index contributed by atoms with van der Waals surface area (Å²) in [6, 6.07) is 27.7. The number of ether oxygens (including phenoxy) is 1. The fourth-order valence-corrected chi connectivity index (χ4v) is 6.25. The van der Waals surface area contributed by atoms with E-state index in [1.807, 2.05) is 71.3 Å². The molecule has 0 aliphatic carbocycles. The Labute approximate surface area is 259 Å². The van der Waals surface area contributed by atoms with Gasteiger partial charge in [0.1, 0.15) is 10.6 Å². The largest absolute Gasteiger partial charge is 0.422 e. The summed E-state index contributed by atoms with van der Waals surface area (Å²) in [6.07, 6.45) is 4.89. The van der Waals surface area contributed by atoms with Gasteiger partial charge in [-0.3, -0.25) is 14.3 Å². The molecule has 0 atom stereocenters. The zero-order valence-electron chi connectivity index (χ0n) is 22.3. The number of amides is 1. The number of nitrogens with one attached hydrogen (secondary N) is 1. The van der Waals surface area contributed by atoms with Crippen LogP contribution in [0.2, 0.25) is 5.02 Å². The Bertz CT molecular complexity index is 1930. The van der Waals surface area contributed by atoms with Gasteiger partial charge in [-0.05, 0) is 60.2 Å². The van der Waals surface area contributed by atoms with Crippen molar-refractivity contribution >= 4 is 62.9 Å². The van der Waals surface area contributed by atoms with Crippen LogP contribution in [-0.2, 0) is 4.79 Å². The maximum atomic E-state index is 12.7. The highest BCUT2D eigenvalue weighted by Crippen LogP contribution is 2.35. The lowest BCUT2D eigenvalue weighted by molar-refractivity contribution is -0.118. The number of fused-ring (bicyclic) bond motifs is 1. The number of nitrogens with zero attached hydrogens (tertiary/aromatic N) is 5. The van der Waals surface area contributed by atoms with Gasteiger partial charge in [-0.2, -0.15) is 5.10 Å². The van der Waals surface area contributed by atoms with Gasteiger partial charge in [0.2, 0.25) is 0 Å². The van der Waals surface area contributed by atoms with Gasteiger partial charge in [-0.1, -0.05) is 59.8 Å². The van der Waals surface area contributed by atoms with E-state index in [1.165, 1.54) is 29.3 Å². The van der Waals surface area contributed by atoms with Crippen LogP contribution in [0.5, 0.6) is 5.75 Å². The first kappa shape index (κ1) is 28.3. The normalized spacial score (nSPS) is 11.2. The summed E-state index contributed by atoms with van der Waals surface area (Å²) in [4.78, 5) is 29.7. The van der Waals surface area contributed by atoms with Gasteiger partial charge >= 0.3 is 5.97 Å². The molecule has 0 saturated carbocycles. The fourth-order valence-electron chi connectivity index (χ4n) is 4.12. The number of hydrazone groups is 1. The molecule has 0 radical (unpaired) electrons. The van der Waals surface area contributed by atoms with E-state index < -0.39 is 5.97 Å². The smallest absolute Gasteiger partial charge is 0.355 e. The molecule has 1 amide bonds. The van der Waals surface area contributed by atoms with Crippen molar-refractivity contribution in [3.63, 3.8) is 0 Å². The second-order valence-corrected chi connectivity index (χ2v) is 11.4. The van der Waals surface area contributed by atoms with Crippen LogP contribution in [0.4, 0.5) is 0 Å². The van der Waals surface area contributed by atoms with Crippen LogP contribution in [0.1, 0.15) is 15.2 Å². The van der Waals surface area contributed by atoms with Crippen molar-refractivity contribution in [1.29, 1.82) is 0 Å². The van der Waals surface area contributed by atoms with Gasteiger partial charge in [0.25, 0.3) is 5.91 Å². The van der Waals surface area contributed by atoms with Crippen LogP contribution < -0.4 is 10.2 Å². The quantitative estimate of drug-likeness (QED) is 0.0629. The van der Waals surface area contributed by atoms with E-state index in [-0.39, 0.29) is 11.7 Å². The zero-order chi connectivity index (χ0) is 29.6. The topological polar surface area (TPSA) is 111 Å². The van der Waals surface area contributed by atoms with Gasteiger partial charge < -0.3 is 4.74 Å². The Morgan fingerprint density at radius 2 is 1.70 bits per heavy atom. The van der Waals surface area contributed by atoms with E-state index in [9.17, 15) is 9.59 Å². The Morgan fingerprint density at radius 1 is 0.953 bits per heavy atom. The molecule has 43 heavy (non-hydrogen) atoms. The minimum atomic E-state index is -0.520. The number of aromatic nitrogens is 4. The summed E-state index contributed by atoms with van der Waals surface area (Å²) in [6.45, 7) is 0. The minimum absolute atomic E-state index is 0.0772. The number of pyridine rings is 1. The molecule has 12 heteroatoms. The molecule has 212 valence electrons. The van der Waals surface area contributed by atoms with Gasteiger partial charge in [-0.15, -0.1) is 21.5 Å². The first-order valence-electron chi connectivity index (χ1n) is 12.9. The van der Waals surface area contributed by atoms with Gasteiger partial charge in [0.15, 0.2) is 11.0 Å². The first-order valence-corrected chi connectivity index (χ1v) is 15.1. The van der Waals surface area contributed by atoms with E-state index in [1.54, 1.807) is 36.7 Å². The number of para-hydroxylation sites is 1. The average Bonchev–Trinajstić information content (AvgIpc) is 3.63. The molecule has 0 fully saturated rings. The van der Waals surface area contributed by atoms with Crippen molar-refractivity contribution < 1.29 is 14.3 Å². The second kappa shape index (κ2) is 13.0. The van der Waals surface area contributed by atoms with E-state index in [4.69, 9.17) is 16.3 Å². The summed E-state index contributed by atoms with van der Waals surface area (Å²) >= 11 is 8.93. The van der Waals surface area contributed by atoms with Crippen molar-refractivity contribution in [3.05, 3.63) is 119 Å². The van der Waals surface area contributed by atoms with Gasteiger partial charge in [0.05, 0.1) is 17.0 Å². The summed E-state index contributed by atoms with van der Waals surface area (Å²) in [5.74, 6) is 0.266. The highest BCUT2D eigenvalue weighted by molar-refractivity contribution is 7.99. The van der Waals surface area contributed by atoms with Crippen LogP contribution in [0.25, 0.3) is 27.2 Å². The van der Waals surface area contributed by atoms with E-state index >= 15 is 0 Å². The standard InChI is InChI=1S/C31H21ClN6O3S2/c32-27-24-8-4-5-9-25(24)43-28(27)30(40)41-23-12-10-20(11-13-23)18-34-35-26(39)19-42-31-37-36-29(21-14-16-33-17-15-21)38(31)22-6-2-1-3-7-22/h1-18H,19H2,(H,35,39)/b34-18+. The molecule has 0 bridgehead atoms. The molecule has 3 heterocycles. The Kier molecular flexibility index (Phi) is 8.55. The monoisotopic (exact) mass is 624 g/mol. The molecule has 6 aromatic rings. The third-order valence-corrected chi connectivity index (χ3v) is 8.72. The number of halogens is 1. The average molecular weight is 625 g/mol. The third-order valence-electron chi connectivity index (χ3n) is 6.13. The van der Waals surface area contributed by atoms with Gasteiger partial charge in [0, 0.05) is 33.7 Å². The van der Waals surface area contributed by atoms with E-state index in [2.05, 4.69) is 25.7 Å². The Hall–Kier alpha value is -4.84. The van der Waals surface area contributed by atoms with Crippen molar-refractivity contribution in [2.24, 2.45) is 5.10 Å². The van der Waals surface area contributed by atoms with Crippen LogP contribution in [0, 0.1) is 0 Å². The highest BCUT2D eigenvalue weighted by Gasteiger charge is 2.19. The van der Waals surface area contributed by atoms with Crippen molar-refractivity contribution in [3.8, 4) is 22.8 Å². The number of thiophene rings is 1. The highest BCUT2D eigenvalue weighted by atomic mass is 35.5. The third kappa shape index (κ3) is 6.49. The van der Waals surface area contributed by atoms with Crippen molar-refractivity contribution in [2.45, 2.75) is 5.16 Å². The summed E-state index contributed by atoms with van der Waals surface area (Å²) in [5.41, 5.74) is 4.97.